The minimum absolute atomic E-state index is 0.0198. The molecule has 1 aliphatic carbocycles. The van der Waals surface area contributed by atoms with Gasteiger partial charge in [-0.25, -0.2) is 18.6 Å². The number of aromatic hydroxyl groups is 2. The summed E-state index contributed by atoms with van der Waals surface area (Å²) in [7, 11) is -3.67. The van der Waals surface area contributed by atoms with Gasteiger partial charge in [0, 0.05) is 24.7 Å². The highest BCUT2D eigenvalue weighted by Gasteiger charge is 2.26. The number of benzene rings is 2. The van der Waals surface area contributed by atoms with Crippen LogP contribution in [-0.2, 0) is 29.3 Å². The lowest BCUT2D eigenvalue weighted by molar-refractivity contribution is 0.109. The van der Waals surface area contributed by atoms with E-state index in [-0.39, 0.29) is 16.4 Å². The van der Waals surface area contributed by atoms with Crippen LogP contribution >= 0.6 is 0 Å². The molecule has 1 atom stereocenters. The Labute approximate surface area is 191 Å². The highest BCUT2D eigenvalue weighted by molar-refractivity contribution is 7.89. The summed E-state index contributed by atoms with van der Waals surface area (Å²) < 4.78 is 22.9. The van der Waals surface area contributed by atoms with Gasteiger partial charge in [0.15, 0.2) is 11.5 Å². The van der Waals surface area contributed by atoms with Crippen molar-refractivity contribution in [3.63, 3.8) is 0 Å². The van der Waals surface area contributed by atoms with Crippen molar-refractivity contribution in [1.29, 1.82) is 0 Å². The first kappa shape index (κ1) is 24.5. The summed E-state index contributed by atoms with van der Waals surface area (Å²) in [5.74, 6) is -0.0310. The number of hydrogen-bond acceptors (Lipinski definition) is 6. The fourth-order valence-electron chi connectivity index (χ4n) is 4.36. The molecule has 32 heavy (non-hydrogen) atoms. The van der Waals surface area contributed by atoms with Gasteiger partial charge in [0.2, 0.25) is 10.0 Å². The van der Waals surface area contributed by atoms with E-state index >= 15 is 0 Å². The number of phenols is 2. The number of nitrogens with zero attached hydrogens (tertiary/aromatic N) is 1. The minimum Gasteiger partial charge on any atom is -0.504 e. The number of unbranched alkanes of at least 4 members (excludes halogenated alkanes) is 3. The molecule has 0 spiro atoms. The molecule has 2 aromatic carbocycles. The number of primary sulfonamides is 1. The van der Waals surface area contributed by atoms with Crippen LogP contribution in [0, 0.1) is 0 Å². The van der Waals surface area contributed by atoms with E-state index < -0.39 is 10.0 Å². The number of sulfonamides is 1. The summed E-state index contributed by atoms with van der Waals surface area (Å²) in [6.07, 6.45) is 7.99. The molecule has 1 unspecified atom stereocenters. The molecule has 0 aromatic heterocycles. The molecule has 0 radical (unpaired) electrons. The zero-order valence-electron chi connectivity index (χ0n) is 18.8. The third kappa shape index (κ3) is 6.45. The van der Waals surface area contributed by atoms with Gasteiger partial charge in [-0.1, -0.05) is 44.4 Å². The zero-order chi connectivity index (χ0) is 23.1. The maximum atomic E-state index is 11.4. The number of hydrazine groups is 1. The van der Waals surface area contributed by atoms with E-state index in [1.165, 1.54) is 19.3 Å². The SMILES string of the molecule is CCCCCCN(NCCc1ccc(S(N)(=O)=O)cc1)C1CCc2c(ccc(O)c2O)C1. The Morgan fingerprint density at radius 3 is 2.53 bits per heavy atom. The first-order valence-electron chi connectivity index (χ1n) is 11.4. The lowest BCUT2D eigenvalue weighted by Gasteiger charge is -2.36. The van der Waals surface area contributed by atoms with Gasteiger partial charge in [0.05, 0.1) is 4.90 Å². The van der Waals surface area contributed by atoms with Crippen LogP contribution in [0.3, 0.4) is 0 Å². The van der Waals surface area contributed by atoms with E-state index in [1.54, 1.807) is 30.3 Å². The molecule has 0 heterocycles. The molecule has 176 valence electrons. The molecule has 0 aliphatic heterocycles. The second kappa shape index (κ2) is 11.1. The number of rotatable bonds is 11. The topological polar surface area (TPSA) is 116 Å². The lowest BCUT2D eigenvalue weighted by Crippen LogP contribution is -2.49. The molecule has 0 fully saturated rings. The van der Waals surface area contributed by atoms with Gasteiger partial charge in [-0.05, 0) is 61.4 Å². The van der Waals surface area contributed by atoms with Crippen molar-refractivity contribution in [2.45, 2.75) is 69.2 Å². The Kier molecular flexibility index (Phi) is 8.53. The molecule has 1 aliphatic rings. The van der Waals surface area contributed by atoms with Crippen LogP contribution in [0.1, 0.15) is 55.7 Å². The van der Waals surface area contributed by atoms with Crippen molar-refractivity contribution in [2.75, 3.05) is 13.1 Å². The highest BCUT2D eigenvalue weighted by Crippen LogP contribution is 2.36. The van der Waals surface area contributed by atoms with Crippen molar-refractivity contribution in [2.24, 2.45) is 5.14 Å². The van der Waals surface area contributed by atoms with Crippen LogP contribution in [-0.4, -0.2) is 42.8 Å². The first-order chi connectivity index (χ1) is 15.3. The van der Waals surface area contributed by atoms with E-state index in [9.17, 15) is 18.6 Å². The van der Waals surface area contributed by atoms with Gasteiger partial charge in [-0.2, -0.15) is 0 Å². The van der Waals surface area contributed by atoms with Gasteiger partial charge in [-0.3, -0.25) is 5.43 Å². The summed E-state index contributed by atoms with van der Waals surface area (Å²) in [6.45, 7) is 3.90. The lowest BCUT2D eigenvalue weighted by atomic mass is 9.87. The number of nitrogens with one attached hydrogen (secondary N) is 1. The molecule has 5 N–H and O–H groups in total. The van der Waals surface area contributed by atoms with Gasteiger partial charge < -0.3 is 10.2 Å². The van der Waals surface area contributed by atoms with Crippen LogP contribution in [0.2, 0.25) is 0 Å². The van der Waals surface area contributed by atoms with E-state index in [0.717, 1.165) is 61.9 Å². The van der Waals surface area contributed by atoms with Crippen LogP contribution in [0.4, 0.5) is 0 Å². The maximum absolute atomic E-state index is 11.4. The Morgan fingerprint density at radius 1 is 1.09 bits per heavy atom. The van der Waals surface area contributed by atoms with Crippen LogP contribution in [0.15, 0.2) is 41.3 Å². The molecule has 7 nitrogen and oxygen atoms in total. The predicted molar refractivity (Wildman–Crippen MR) is 126 cm³/mol. The summed E-state index contributed by atoms with van der Waals surface area (Å²) in [4.78, 5) is 0.127. The fraction of sp³-hybridized carbons (Fsp3) is 0.500. The van der Waals surface area contributed by atoms with Crippen molar-refractivity contribution in [3.05, 3.63) is 53.1 Å². The summed E-state index contributed by atoms with van der Waals surface area (Å²) in [6, 6.07) is 10.5. The smallest absolute Gasteiger partial charge is 0.238 e. The molecular weight excluding hydrogens is 426 g/mol. The Morgan fingerprint density at radius 2 is 1.84 bits per heavy atom. The van der Waals surface area contributed by atoms with Crippen LogP contribution in [0.5, 0.6) is 11.5 Å². The number of hydrogen-bond donors (Lipinski definition) is 4. The molecule has 2 aromatic rings. The predicted octanol–water partition coefficient (Wildman–Crippen LogP) is 3.23. The number of fused-ring (bicyclic) bond motifs is 1. The third-order valence-electron chi connectivity index (χ3n) is 6.22. The molecule has 3 rings (SSSR count). The van der Waals surface area contributed by atoms with Gasteiger partial charge >= 0.3 is 0 Å². The zero-order valence-corrected chi connectivity index (χ0v) is 19.6. The van der Waals surface area contributed by atoms with Gasteiger partial charge in [0.25, 0.3) is 0 Å². The first-order valence-corrected chi connectivity index (χ1v) is 13.0. The summed E-state index contributed by atoms with van der Waals surface area (Å²) in [5.41, 5.74) is 6.60. The van der Waals surface area contributed by atoms with Crippen LogP contribution < -0.4 is 10.6 Å². The molecule has 0 amide bonds. The average Bonchev–Trinajstić information content (AvgIpc) is 2.77. The van der Waals surface area contributed by atoms with Crippen LogP contribution in [0.25, 0.3) is 0 Å². The standard InChI is InChI=1S/C24H35N3O4S/c1-2-3-4-5-16-27(20-9-12-22-19(17-20)8-13-23(28)24(22)29)26-15-14-18-6-10-21(11-7-18)32(25,30)31/h6-8,10-11,13,20,26,28-29H,2-5,9,12,14-17H2,1H3,(H2,25,30,31). The molecule has 8 heteroatoms. The molecule has 0 bridgehead atoms. The Hall–Kier alpha value is -2.13. The Bertz CT molecular complexity index is 993. The average molecular weight is 462 g/mol. The van der Waals surface area contributed by atoms with E-state index in [0.29, 0.717) is 6.04 Å². The Balaban J connectivity index is 1.62. The summed E-state index contributed by atoms with van der Waals surface area (Å²) in [5, 5.41) is 27.5. The normalized spacial score (nSPS) is 16.3. The quantitative estimate of drug-likeness (QED) is 0.232. The van der Waals surface area contributed by atoms with Crippen molar-refractivity contribution in [3.8, 4) is 11.5 Å². The molecule has 0 saturated heterocycles. The largest absolute Gasteiger partial charge is 0.504 e. The van der Waals surface area contributed by atoms with E-state index in [4.69, 9.17) is 5.14 Å². The van der Waals surface area contributed by atoms with Crippen molar-refractivity contribution >= 4 is 10.0 Å². The van der Waals surface area contributed by atoms with Gasteiger partial charge in [-0.15, -0.1) is 0 Å². The second-order valence-corrected chi connectivity index (χ2v) is 10.1. The monoisotopic (exact) mass is 461 g/mol. The highest BCUT2D eigenvalue weighted by atomic mass is 32.2. The van der Waals surface area contributed by atoms with Crippen molar-refractivity contribution in [1.82, 2.24) is 10.4 Å². The third-order valence-corrected chi connectivity index (χ3v) is 7.14. The summed E-state index contributed by atoms with van der Waals surface area (Å²) >= 11 is 0. The molecular formula is C24H35N3O4S. The van der Waals surface area contributed by atoms with Crippen molar-refractivity contribution < 1.29 is 18.6 Å². The maximum Gasteiger partial charge on any atom is 0.238 e. The van der Waals surface area contributed by atoms with Gasteiger partial charge in [0.1, 0.15) is 0 Å². The van der Waals surface area contributed by atoms with E-state index in [1.807, 2.05) is 6.07 Å². The fourth-order valence-corrected chi connectivity index (χ4v) is 4.87. The number of nitrogens with two attached hydrogens (primary N) is 1. The molecule has 0 saturated carbocycles. The minimum atomic E-state index is -3.67. The number of phenolic OH excluding ortho intramolecular Hbond substituents is 2. The second-order valence-electron chi connectivity index (χ2n) is 8.57. The van der Waals surface area contributed by atoms with E-state index in [2.05, 4.69) is 17.4 Å².